The van der Waals surface area contributed by atoms with Gasteiger partial charge in [0, 0.05) is 92.6 Å². The van der Waals surface area contributed by atoms with Crippen molar-refractivity contribution >= 4 is 123 Å². The number of Topliss-reactive ketones (excluding diaryl/α,β-unsaturated/α-hetero) is 3. The maximum atomic E-state index is 14.8. The van der Waals surface area contributed by atoms with E-state index in [0.29, 0.717) is 25.7 Å². The quantitative estimate of drug-likeness (QED) is 0.0774. The van der Waals surface area contributed by atoms with Crippen LogP contribution in [0, 0.1) is 77.0 Å². The Balaban J connectivity index is 0.000000145. The Labute approximate surface area is 802 Å². The lowest BCUT2D eigenvalue weighted by Crippen LogP contribution is -2.53. The number of aryl methyl sites for hydroxylation is 6. The van der Waals surface area contributed by atoms with E-state index in [0.717, 1.165) is 61.2 Å². The molecule has 0 saturated heterocycles. The lowest BCUT2D eigenvalue weighted by atomic mass is 9.61. The number of hydrogen-bond donors (Lipinski definition) is 0. The molecule has 6 aliphatic rings. The molecule has 18 atom stereocenters. The van der Waals surface area contributed by atoms with Gasteiger partial charge in [0.05, 0.1) is 60.9 Å². The first-order valence-electron chi connectivity index (χ1n) is 44.8. The molecule has 0 amide bonds. The Morgan fingerprint density at radius 1 is 0.211 bits per heavy atom. The number of fused-ring (bicyclic) bond motifs is 3. The van der Waals surface area contributed by atoms with Crippen molar-refractivity contribution in [3.05, 3.63) is 390 Å². The fourth-order valence-electron chi connectivity index (χ4n) is 22.2. The van der Waals surface area contributed by atoms with Gasteiger partial charge in [0.15, 0.2) is 59.0 Å². The van der Waals surface area contributed by atoms with Crippen molar-refractivity contribution in [3.63, 3.8) is 0 Å². The number of halogens is 4. The molecule has 6 saturated carbocycles. The van der Waals surface area contributed by atoms with E-state index in [-0.39, 0.29) is 105 Å². The highest BCUT2D eigenvalue weighted by molar-refractivity contribution is 7.93. The Kier molecular flexibility index (Phi) is 28.6. The minimum Gasteiger partial charge on any atom is -0.299 e. The summed E-state index contributed by atoms with van der Waals surface area (Å²) in [5, 5.41) is -3.63. The normalized spacial score (nSPS) is 25.7. The lowest BCUT2D eigenvalue weighted by molar-refractivity contribution is -0.129. The second-order valence-corrected chi connectivity index (χ2v) is 51.5. The van der Waals surface area contributed by atoms with E-state index in [1.807, 2.05) is 162 Å². The van der Waals surface area contributed by atoms with Crippen molar-refractivity contribution in [1.82, 2.24) is 0 Å². The first-order chi connectivity index (χ1) is 63.3. The smallest absolute Gasteiger partial charge is 0.182 e. The molecule has 6 unspecified atom stereocenters. The Hall–Kier alpha value is -9.49. The van der Waals surface area contributed by atoms with Crippen LogP contribution in [0.4, 0.5) is 0 Å². The molecule has 0 bridgehead atoms. The van der Waals surface area contributed by atoms with Crippen LogP contribution in [0.3, 0.4) is 0 Å². The van der Waals surface area contributed by atoms with Crippen LogP contribution in [0.2, 0.25) is 20.1 Å². The molecule has 0 heterocycles. The van der Waals surface area contributed by atoms with Gasteiger partial charge in [-0.2, -0.15) is 0 Å². The van der Waals surface area contributed by atoms with Crippen molar-refractivity contribution in [1.29, 1.82) is 0 Å². The van der Waals surface area contributed by atoms with E-state index in [2.05, 4.69) is 0 Å². The number of carbonyl (C=O) groups is 3. The zero-order chi connectivity index (χ0) is 94.5. The predicted octanol–water partition coefficient (Wildman–Crippen LogP) is 23.2. The first-order valence-corrected chi connectivity index (χ1v) is 55.6. The van der Waals surface area contributed by atoms with Gasteiger partial charge >= 0.3 is 0 Å². The predicted molar refractivity (Wildman–Crippen MR) is 526 cm³/mol. The Bertz CT molecular complexity index is 7030. The summed E-state index contributed by atoms with van der Waals surface area (Å²) in [6.07, 6.45) is 1.02. The lowest BCUT2D eigenvalue weighted by Gasteiger charge is -2.48. The average Bonchev–Trinajstić information content (AvgIpc) is 0.729. The Morgan fingerprint density at radius 3 is 0.729 bits per heavy atom. The minimum absolute atomic E-state index is 0.00148. The van der Waals surface area contributed by atoms with Gasteiger partial charge in [-0.3, -0.25) is 14.4 Å². The van der Waals surface area contributed by atoms with Crippen LogP contribution in [-0.4, -0.2) is 99.4 Å². The molecule has 690 valence electrons. The van der Waals surface area contributed by atoms with E-state index in [1.165, 1.54) is 36.4 Å². The third-order valence-corrected chi connectivity index (χ3v) is 43.8. The third kappa shape index (κ3) is 19.8. The van der Waals surface area contributed by atoms with E-state index >= 15 is 0 Å². The summed E-state index contributed by atoms with van der Waals surface area (Å²) in [5.74, 6) is -7.34. The maximum absolute atomic E-state index is 14.8. The van der Waals surface area contributed by atoms with Crippen LogP contribution >= 0.6 is 46.4 Å². The van der Waals surface area contributed by atoms with Crippen LogP contribution < -0.4 is 0 Å². The summed E-state index contributed by atoms with van der Waals surface area (Å²) in [6.45, 7) is 11.6. The highest BCUT2D eigenvalue weighted by atomic mass is 35.5. The second-order valence-electron chi connectivity index (χ2n) is 37.0. The number of hydrogen-bond acceptors (Lipinski definition) is 15. The standard InChI is InChI=1S/2C36H34Cl2O5S2.C36H36O5S2/c1-22-3-7-24(8-4-22)30-19-33-32(21-35(30)44(40,41)28-15-11-26(37)12-16-28)34(39)20-31(25-9-5-23(2)6-10-25)36(33)45(42,43)29-17-13-27(38)14-18-29;1-22-7-9-24(10-8-22)29-19-32-31(21-35(29)44(40,41)28-17-15-27(38)16-18-28)33(39)20-30(25-11-13-26(37)14-12-25)36(32)45(42,43)34-6-4-3-5-23(34)2;1-24-13-17-27(18-14-24)30-21-33-32(23-35(30)42(38,39)28-11-7-4-8-12-28)34(37)22-31(26-9-5-3-6-10-26)36(33)43(40,41)29-19-15-25(2)16-20-29/h3-18,30-33,35-36H,19-21H2,1-2H3;3-18,29-32,35-36H,19-21H2,1-2H3;3-20,30-33,35-36H,21-23H2,1-2H3/t30-,31-,32+,33-,35?,36?;29-,30-,31+,32-,35?,36?;30-,31-,32+,33-,35?,36?/m000/s1. The van der Waals surface area contributed by atoms with Crippen molar-refractivity contribution < 1.29 is 64.9 Å². The van der Waals surface area contributed by atoms with Crippen LogP contribution in [0.1, 0.15) is 160 Å². The second kappa shape index (κ2) is 39.3. The molecular formula is C108H104Cl4O15S6. The number of carbonyl (C=O) groups excluding carboxylic acids is 3. The molecule has 0 N–H and O–H groups in total. The zero-order valence-electron chi connectivity index (χ0n) is 74.2. The van der Waals surface area contributed by atoms with Gasteiger partial charge in [-0.25, -0.2) is 50.5 Å². The molecule has 0 radical (unpaired) electrons. The number of ketones is 3. The highest BCUT2D eigenvalue weighted by Crippen LogP contribution is 2.59. The van der Waals surface area contributed by atoms with Gasteiger partial charge in [0.1, 0.15) is 17.3 Å². The Morgan fingerprint density at radius 2 is 0.429 bits per heavy atom. The van der Waals surface area contributed by atoms with Crippen molar-refractivity contribution in [3.8, 4) is 0 Å². The van der Waals surface area contributed by atoms with Crippen molar-refractivity contribution in [2.24, 2.45) is 35.5 Å². The molecule has 0 aliphatic heterocycles. The monoisotopic (exact) mass is 1970 g/mol. The van der Waals surface area contributed by atoms with Crippen LogP contribution in [0.5, 0.6) is 0 Å². The first kappa shape index (κ1) is 96.6. The molecular weight excluding hydrogens is 1870 g/mol. The molecule has 133 heavy (non-hydrogen) atoms. The summed E-state index contributed by atoms with van der Waals surface area (Å²) in [6, 6.07) is 88.1. The zero-order valence-corrected chi connectivity index (χ0v) is 82.1. The third-order valence-electron chi connectivity index (χ3n) is 29.0. The van der Waals surface area contributed by atoms with E-state index in [9.17, 15) is 64.9 Å². The van der Waals surface area contributed by atoms with E-state index < -0.39 is 162 Å². The number of benzene rings is 12. The van der Waals surface area contributed by atoms with E-state index in [1.54, 1.807) is 146 Å². The van der Waals surface area contributed by atoms with Crippen LogP contribution in [0.25, 0.3) is 0 Å². The number of sulfone groups is 6. The summed E-state index contributed by atoms with van der Waals surface area (Å²) in [4.78, 5) is 43.2. The van der Waals surface area contributed by atoms with Gasteiger partial charge in [-0.15, -0.1) is 0 Å². The number of rotatable bonds is 18. The van der Waals surface area contributed by atoms with Gasteiger partial charge in [0.25, 0.3) is 0 Å². The topological polar surface area (TPSA) is 256 Å². The van der Waals surface area contributed by atoms with Crippen LogP contribution in [0.15, 0.2) is 333 Å². The summed E-state index contributed by atoms with van der Waals surface area (Å²) in [7, 11) is -23.5. The molecule has 18 rings (SSSR count). The molecule has 0 spiro atoms. The maximum Gasteiger partial charge on any atom is 0.182 e. The van der Waals surface area contributed by atoms with Crippen molar-refractivity contribution in [2.45, 2.75) is 196 Å². The highest BCUT2D eigenvalue weighted by Gasteiger charge is 2.61. The molecule has 12 aromatic rings. The average molecular weight is 1980 g/mol. The molecule has 0 aromatic heterocycles. The SMILES string of the molecule is Cc1ccc([C@@H]2C[C@@H]3C(S(=O)(=O)c4ccc(C)cc4)[C@H](c4ccccc4)CC(=O)[C@@H]3CC2S(=O)(=O)c2ccccc2)cc1.Cc1ccc([C@@H]2C[C@@H]3C(S(=O)(=O)c4ccc(Cl)cc4)[C@H](c4ccc(C)cc4)CC(=O)[C@@H]3CC2S(=O)(=O)c2ccc(Cl)cc2)cc1.Cc1ccc([C@@H]2C[C@@H]3C(S(=O)(=O)c4ccccc4C)[C@H](c4ccc(Cl)cc4)CC(=O)[C@@H]3CC2S(=O)(=O)c2ccc(Cl)cc2)cc1. The molecule has 6 aliphatic carbocycles. The molecule has 25 heteroatoms. The summed E-state index contributed by atoms with van der Waals surface area (Å²) < 4.78 is 174. The van der Waals surface area contributed by atoms with Gasteiger partial charge in [-0.05, 0) is 252 Å². The van der Waals surface area contributed by atoms with Gasteiger partial charge in [-0.1, -0.05) is 262 Å². The molecule has 6 fully saturated rings. The van der Waals surface area contributed by atoms with Gasteiger partial charge in [0.2, 0.25) is 0 Å². The fourth-order valence-corrected chi connectivity index (χ4v) is 35.9. The largest absolute Gasteiger partial charge is 0.299 e. The summed E-state index contributed by atoms with van der Waals surface area (Å²) in [5.41, 5.74) is 10.6. The molecule has 15 nitrogen and oxygen atoms in total. The van der Waals surface area contributed by atoms with Crippen LogP contribution in [-0.2, 0) is 73.4 Å². The molecule has 12 aromatic carbocycles. The minimum atomic E-state index is -3.98. The van der Waals surface area contributed by atoms with Crippen molar-refractivity contribution in [2.75, 3.05) is 0 Å². The fraction of sp³-hybridized carbons (Fsp3) is 0.306. The van der Waals surface area contributed by atoms with E-state index in [4.69, 9.17) is 46.4 Å². The summed E-state index contributed by atoms with van der Waals surface area (Å²) >= 11 is 24.5. The van der Waals surface area contributed by atoms with Gasteiger partial charge < -0.3 is 0 Å².